The number of nitrogens with zero attached hydrogens (tertiary/aromatic N) is 3. The van der Waals surface area contributed by atoms with Crippen LogP contribution in [0, 0.1) is 0 Å². The molecular formula is C20H21N3O4S. The van der Waals surface area contributed by atoms with Crippen molar-refractivity contribution in [2.45, 2.75) is 12.1 Å². The largest absolute Gasteiger partial charge is 0.497 e. The van der Waals surface area contributed by atoms with Crippen molar-refractivity contribution in [1.82, 2.24) is 14.8 Å². The highest BCUT2D eigenvalue weighted by atomic mass is 32.2. The molecule has 0 bridgehead atoms. The van der Waals surface area contributed by atoms with Crippen molar-refractivity contribution in [3.63, 3.8) is 0 Å². The second kappa shape index (κ2) is 9.27. The Hall–Kier alpha value is -3.00. The highest BCUT2D eigenvalue weighted by molar-refractivity contribution is 7.99. The number of aromatic nitrogens is 3. The predicted molar refractivity (Wildman–Crippen MR) is 107 cm³/mol. The fourth-order valence-corrected chi connectivity index (χ4v) is 3.37. The molecule has 0 saturated carbocycles. The van der Waals surface area contributed by atoms with Crippen LogP contribution in [-0.4, -0.2) is 47.3 Å². The zero-order valence-corrected chi connectivity index (χ0v) is 16.7. The standard InChI is InChI=1S/C20H21N3O4S/c1-4-27-16-10-8-15(9-11-16)23-19(14-6-5-7-17(12-14)25-2)21-22-20(23)28-13-18(24)26-3/h5-12H,4,13H2,1-3H3. The van der Waals surface area contributed by atoms with Gasteiger partial charge in [-0.05, 0) is 43.3 Å². The van der Waals surface area contributed by atoms with Crippen molar-refractivity contribution >= 4 is 17.7 Å². The molecule has 8 heteroatoms. The van der Waals surface area contributed by atoms with Crippen LogP contribution in [0.2, 0.25) is 0 Å². The molecule has 1 heterocycles. The minimum atomic E-state index is -0.325. The average Bonchev–Trinajstić information content (AvgIpc) is 3.16. The number of esters is 1. The van der Waals surface area contributed by atoms with Gasteiger partial charge in [0.05, 0.1) is 26.6 Å². The molecule has 0 aliphatic carbocycles. The van der Waals surface area contributed by atoms with Gasteiger partial charge in [0, 0.05) is 11.3 Å². The zero-order chi connectivity index (χ0) is 19.9. The lowest BCUT2D eigenvalue weighted by Crippen LogP contribution is -2.05. The lowest BCUT2D eigenvalue weighted by atomic mass is 10.2. The number of benzene rings is 2. The molecule has 0 saturated heterocycles. The van der Waals surface area contributed by atoms with Gasteiger partial charge in [0.1, 0.15) is 11.5 Å². The molecule has 0 aliphatic rings. The Balaban J connectivity index is 2.04. The van der Waals surface area contributed by atoms with Gasteiger partial charge in [-0.15, -0.1) is 10.2 Å². The maximum atomic E-state index is 11.6. The third-order valence-electron chi connectivity index (χ3n) is 3.91. The second-order valence-electron chi connectivity index (χ2n) is 5.67. The van der Waals surface area contributed by atoms with E-state index in [1.807, 2.05) is 60.0 Å². The van der Waals surface area contributed by atoms with Crippen molar-refractivity contribution in [2.24, 2.45) is 0 Å². The van der Waals surface area contributed by atoms with E-state index in [0.29, 0.717) is 17.6 Å². The van der Waals surface area contributed by atoms with Crippen LogP contribution < -0.4 is 9.47 Å². The summed E-state index contributed by atoms with van der Waals surface area (Å²) in [4.78, 5) is 11.6. The van der Waals surface area contributed by atoms with Crippen LogP contribution >= 0.6 is 11.8 Å². The van der Waals surface area contributed by atoms with Crippen molar-refractivity contribution in [1.29, 1.82) is 0 Å². The first-order valence-electron chi connectivity index (χ1n) is 8.69. The first-order chi connectivity index (χ1) is 13.7. The van der Waals surface area contributed by atoms with Gasteiger partial charge in [-0.3, -0.25) is 9.36 Å². The molecule has 0 aliphatic heterocycles. The monoisotopic (exact) mass is 399 g/mol. The molecule has 0 fully saturated rings. The predicted octanol–water partition coefficient (Wildman–Crippen LogP) is 3.61. The molecule has 0 spiro atoms. The van der Waals surface area contributed by atoms with Gasteiger partial charge in [-0.25, -0.2) is 0 Å². The summed E-state index contributed by atoms with van der Waals surface area (Å²) in [6.07, 6.45) is 0. The number of thioether (sulfide) groups is 1. The van der Waals surface area contributed by atoms with Crippen LogP contribution in [0.3, 0.4) is 0 Å². The fraction of sp³-hybridized carbons (Fsp3) is 0.250. The molecular weight excluding hydrogens is 378 g/mol. The van der Waals surface area contributed by atoms with Crippen LogP contribution in [0.4, 0.5) is 0 Å². The van der Waals surface area contributed by atoms with Crippen molar-refractivity contribution in [3.05, 3.63) is 48.5 Å². The molecule has 3 rings (SSSR count). The van der Waals surface area contributed by atoms with E-state index >= 15 is 0 Å². The van der Waals surface area contributed by atoms with E-state index in [0.717, 1.165) is 22.7 Å². The fourth-order valence-electron chi connectivity index (χ4n) is 2.59. The van der Waals surface area contributed by atoms with Gasteiger partial charge < -0.3 is 14.2 Å². The molecule has 2 aromatic carbocycles. The maximum absolute atomic E-state index is 11.6. The molecule has 1 aromatic heterocycles. The molecule has 0 atom stereocenters. The Morgan fingerprint density at radius 3 is 2.54 bits per heavy atom. The third-order valence-corrected chi connectivity index (χ3v) is 4.82. The van der Waals surface area contributed by atoms with E-state index in [4.69, 9.17) is 14.2 Å². The summed E-state index contributed by atoms with van der Waals surface area (Å²) in [7, 11) is 2.98. The summed E-state index contributed by atoms with van der Waals surface area (Å²) in [6.45, 7) is 2.54. The summed E-state index contributed by atoms with van der Waals surface area (Å²) >= 11 is 1.27. The van der Waals surface area contributed by atoms with Crippen molar-refractivity contribution in [3.8, 4) is 28.6 Å². The first-order valence-corrected chi connectivity index (χ1v) is 9.67. The van der Waals surface area contributed by atoms with E-state index in [-0.39, 0.29) is 11.7 Å². The summed E-state index contributed by atoms with van der Waals surface area (Å²) < 4.78 is 17.5. The highest BCUT2D eigenvalue weighted by Crippen LogP contribution is 2.30. The molecule has 7 nitrogen and oxygen atoms in total. The first kappa shape index (κ1) is 19.8. The van der Waals surface area contributed by atoms with Crippen LogP contribution in [-0.2, 0) is 9.53 Å². The number of carbonyl (C=O) groups is 1. The van der Waals surface area contributed by atoms with E-state index in [1.54, 1.807) is 7.11 Å². The van der Waals surface area contributed by atoms with E-state index in [9.17, 15) is 4.79 Å². The quantitative estimate of drug-likeness (QED) is 0.423. The maximum Gasteiger partial charge on any atom is 0.316 e. The normalized spacial score (nSPS) is 10.5. The smallest absolute Gasteiger partial charge is 0.316 e. The molecule has 3 aromatic rings. The van der Waals surface area contributed by atoms with E-state index < -0.39 is 0 Å². The topological polar surface area (TPSA) is 75.5 Å². The highest BCUT2D eigenvalue weighted by Gasteiger charge is 2.18. The molecule has 28 heavy (non-hydrogen) atoms. The Labute approximate surface area is 167 Å². The number of methoxy groups -OCH3 is 2. The third kappa shape index (κ3) is 4.45. The number of carbonyl (C=O) groups excluding carboxylic acids is 1. The lowest BCUT2D eigenvalue weighted by molar-refractivity contribution is -0.137. The van der Waals surface area contributed by atoms with Crippen molar-refractivity contribution < 1.29 is 19.0 Å². The Kier molecular flexibility index (Phi) is 6.54. The number of hydrogen-bond donors (Lipinski definition) is 0. The van der Waals surface area contributed by atoms with Crippen LogP contribution in [0.25, 0.3) is 17.1 Å². The minimum absolute atomic E-state index is 0.143. The van der Waals surface area contributed by atoms with Crippen molar-refractivity contribution in [2.75, 3.05) is 26.6 Å². The Morgan fingerprint density at radius 2 is 1.86 bits per heavy atom. The summed E-state index contributed by atoms with van der Waals surface area (Å²) in [5.41, 5.74) is 1.71. The Morgan fingerprint density at radius 1 is 1.07 bits per heavy atom. The number of hydrogen-bond acceptors (Lipinski definition) is 7. The molecule has 0 N–H and O–H groups in total. The van der Waals surface area contributed by atoms with E-state index in [2.05, 4.69) is 10.2 Å². The molecule has 0 amide bonds. The molecule has 0 unspecified atom stereocenters. The van der Waals surface area contributed by atoms with Crippen LogP contribution in [0.1, 0.15) is 6.92 Å². The molecule has 0 radical (unpaired) electrons. The van der Waals surface area contributed by atoms with Crippen LogP contribution in [0.5, 0.6) is 11.5 Å². The summed E-state index contributed by atoms with van der Waals surface area (Å²) in [5, 5.41) is 9.23. The average molecular weight is 399 g/mol. The van der Waals surface area contributed by atoms with Gasteiger partial charge in [-0.2, -0.15) is 0 Å². The number of ether oxygens (including phenoxy) is 3. The minimum Gasteiger partial charge on any atom is -0.497 e. The van der Waals surface area contributed by atoms with E-state index in [1.165, 1.54) is 18.9 Å². The molecule has 146 valence electrons. The number of rotatable bonds is 8. The lowest BCUT2D eigenvalue weighted by Gasteiger charge is -2.12. The summed E-state index contributed by atoms with van der Waals surface area (Å²) in [6, 6.07) is 15.2. The van der Waals surface area contributed by atoms with Gasteiger partial charge in [0.25, 0.3) is 0 Å². The van der Waals surface area contributed by atoms with Gasteiger partial charge in [0.15, 0.2) is 11.0 Å². The zero-order valence-electron chi connectivity index (χ0n) is 15.9. The van der Waals surface area contributed by atoms with Gasteiger partial charge in [0.2, 0.25) is 0 Å². The van der Waals surface area contributed by atoms with Crippen LogP contribution in [0.15, 0.2) is 53.7 Å². The SMILES string of the molecule is CCOc1ccc(-n2c(SCC(=O)OC)nnc2-c2cccc(OC)c2)cc1. The second-order valence-corrected chi connectivity index (χ2v) is 6.61. The Bertz CT molecular complexity index is 941. The van der Waals surface area contributed by atoms with Gasteiger partial charge in [-0.1, -0.05) is 23.9 Å². The van der Waals surface area contributed by atoms with Gasteiger partial charge >= 0.3 is 5.97 Å². The summed E-state index contributed by atoms with van der Waals surface area (Å²) in [5.74, 6) is 1.97.